The molecule has 0 saturated heterocycles. The van der Waals surface area contributed by atoms with E-state index in [4.69, 9.17) is 16.0 Å². The Labute approximate surface area is 129 Å². The average molecular weight is 300 g/mol. The van der Waals surface area contributed by atoms with Crippen molar-refractivity contribution in [2.24, 2.45) is 0 Å². The van der Waals surface area contributed by atoms with Crippen LogP contribution in [0.5, 0.6) is 0 Å². The highest BCUT2D eigenvalue weighted by molar-refractivity contribution is 6.29. The Morgan fingerprint density at radius 2 is 1.75 bits per heavy atom. The highest BCUT2D eigenvalue weighted by Crippen LogP contribution is 2.28. The maximum absolute atomic E-state index is 6.10. The molecule has 0 bridgehead atoms. The van der Waals surface area contributed by atoms with Gasteiger partial charge in [-0.25, -0.2) is 0 Å². The molecule has 0 fully saturated rings. The fraction of sp³-hybridized carbons (Fsp3) is 0.765. The summed E-state index contributed by atoms with van der Waals surface area (Å²) in [6.45, 7) is 5.48. The second-order valence-corrected chi connectivity index (χ2v) is 5.91. The Hall–Kier alpha value is -0.470. The molecular weight excluding hydrogens is 270 g/mol. The monoisotopic (exact) mass is 299 g/mol. The predicted molar refractivity (Wildman–Crippen MR) is 87.4 cm³/mol. The number of nitrogens with one attached hydrogen (secondary N) is 1. The molecule has 2 nitrogen and oxygen atoms in total. The molecule has 1 heterocycles. The number of rotatable bonds is 12. The lowest BCUT2D eigenvalue weighted by atomic mass is 10.0. The third kappa shape index (κ3) is 6.81. The molecule has 0 saturated carbocycles. The van der Waals surface area contributed by atoms with Crippen LogP contribution >= 0.6 is 11.6 Å². The van der Waals surface area contributed by atoms with Crippen molar-refractivity contribution in [1.29, 1.82) is 0 Å². The number of hydrogen-bond acceptors (Lipinski definition) is 2. The van der Waals surface area contributed by atoms with E-state index in [2.05, 4.69) is 19.2 Å². The van der Waals surface area contributed by atoms with E-state index in [9.17, 15) is 0 Å². The van der Waals surface area contributed by atoms with Gasteiger partial charge in [-0.2, -0.15) is 0 Å². The first-order chi connectivity index (χ1) is 9.79. The molecule has 1 aromatic heterocycles. The van der Waals surface area contributed by atoms with Gasteiger partial charge in [0.15, 0.2) is 5.22 Å². The molecule has 0 radical (unpaired) electrons. The summed E-state index contributed by atoms with van der Waals surface area (Å²) < 4.78 is 5.22. The third-order valence-corrected chi connectivity index (χ3v) is 4.07. The van der Waals surface area contributed by atoms with Crippen LogP contribution in [0.2, 0.25) is 5.22 Å². The minimum atomic E-state index is 0.344. The topological polar surface area (TPSA) is 25.2 Å². The van der Waals surface area contributed by atoms with E-state index in [1.54, 1.807) is 6.26 Å². The van der Waals surface area contributed by atoms with Gasteiger partial charge in [0, 0.05) is 11.6 Å². The maximum Gasteiger partial charge on any atom is 0.197 e. The number of furan rings is 1. The largest absolute Gasteiger partial charge is 0.453 e. The Morgan fingerprint density at radius 1 is 1.05 bits per heavy atom. The first-order valence-electron chi connectivity index (χ1n) is 8.25. The zero-order chi connectivity index (χ0) is 14.6. The molecule has 0 aliphatic carbocycles. The molecule has 116 valence electrons. The van der Waals surface area contributed by atoms with E-state index < -0.39 is 0 Å². The van der Waals surface area contributed by atoms with Crippen molar-refractivity contribution >= 4 is 11.6 Å². The molecule has 1 aromatic rings. The molecule has 0 amide bonds. The highest BCUT2D eigenvalue weighted by Gasteiger charge is 2.15. The van der Waals surface area contributed by atoms with Crippen LogP contribution in [-0.4, -0.2) is 6.54 Å². The predicted octanol–water partition coefficient (Wildman–Crippen LogP) is 6.11. The van der Waals surface area contributed by atoms with E-state index in [-0.39, 0.29) is 0 Å². The Kier molecular flexibility index (Phi) is 9.86. The van der Waals surface area contributed by atoms with Crippen LogP contribution in [0.4, 0.5) is 0 Å². The van der Waals surface area contributed by atoms with Gasteiger partial charge in [-0.15, -0.1) is 0 Å². The first kappa shape index (κ1) is 17.6. The SMILES string of the molecule is CCCCCCCCCC(NCCC)c1ccoc1Cl. The van der Waals surface area contributed by atoms with Crippen LogP contribution in [0, 0.1) is 0 Å². The van der Waals surface area contributed by atoms with Crippen LogP contribution in [0.25, 0.3) is 0 Å². The molecule has 0 spiro atoms. The summed E-state index contributed by atoms with van der Waals surface area (Å²) in [7, 11) is 0. The third-order valence-electron chi connectivity index (χ3n) is 3.76. The van der Waals surface area contributed by atoms with Gasteiger partial charge >= 0.3 is 0 Å². The smallest absolute Gasteiger partial charge is 0.197 e. The Balaban J connectivity index is 2.26. The van der Waals surface area contributed by atoms with E-state index in [1.165, 1.54) is 44.9 Å². The summed E-state index contributed by atoms with van der Waals surface area (Å²) in [4.78, 5) is 0. The molecule has 0 aliphatic rings. The van der Waals surface area contributed by atoms with Crippen LogP contribution in [-0.2, 0) is 0 Å². The second kappa shape index (κ2) is 11.2. The highest BCUT2D eigenvalue weighted by atomic mass is 35.5. The van der Waals surface area contributed by atoms with E-state index in [1.807, 2.05) is 6.07 Å². The van der Waals surface area contributed by atoms with Crippen molar-refractivity contribution in [3.63, 3.8) is 0 Å². The molecular formula is C17H30ClNO. The summed E-state index contributed by atoms with van der Waals surface area (Å²) in [5, 5.41) is 4.12. The van der Waals surface area contributed by atoms with E-state index in [0.29, 0.717) is 11.3 Å². The van der Waals surface area contributed by atoms with Gasteiger partial charge in [0.05, 0.1) is 6.26 Å². The lowest BCUT2D eigenvalue weighted by Gasteiger charge is -2.17. The van der Waals surface area contributed by atoms with E-state index >= 15 is 0 Å². The van der Waals surface area contributed by atoms with Gasteiger partial charge in [0.1, 0.15) is 0 Å². The fourth-order valence-corrected chi connectivity index (χ4v) is 2.79. The molecule has 0 aliphatic heterocycles. The molecule has 20 heavy (non-hydrogen) atoms. The maximum atomic E-state index is 6.10. The number of hydrogen-bond donors (Lipinski definition) is 1. The number of halogens is 1. The summed E-state index contributed by atoms with van der Waals surface area (Å²) >= 11 is 6.10. The van der Waals surface area contributed by atoms with Crippen LogP contribution in [0.1, 0.15) is 83.2 Å². The van der Waals surface area contributed by atoms with Gasteiger partial charge < -0.3 is 9.73 Å². The summed E-state index contributed by atoms with van der Waals surface area (Å²) in [5.74, 6) is 0. The van der Waals surface area contributed by atoms with E-state index in [0.717, 1.165) is 24.9 Å². The van der Waals surface area contributed by atoms with Crippen molar-refractivity contribution in [2.75, 3.05) is 6.54 Å². The van der Waals surface area contributed by atoms with Crippen molar-refractivity contribution in [3.05, 3.63) is 23.1 Å². The molecule has 1 atom stereocenters. The minimum Gasteiger partial charge on any atom is -0.453 e. The lowest BCUT2D eigenvalue weighted by Crippen LogP contribution is -2.22. The molecule has 3 heteroatoms. The first-order valence-corrected chi connectivity index (χ1v) is 8.63. The normalized spacial score (nSPS) is 12.8. The second-order valence-electron chi connectivity index (χ2n) is 5.57. The Morgan fingerprint density at radius 3 is 2.35 bits per heavy atom. The van der Waals surface area contributed by atoms with Crippen molar-refractivity contribution in [3.8, 4) is 0 Å². The van der Waals surface area contributed by atoms with Gasteiger partial charge in [0.2, 0.25) is 0 Å². The Bertz CT molecular complexity index is 337. The van der Waals surface area contributed by atoms with Crippen molar-refractivity contribution < 1.29 is 4.42 Å². The van der Waals surface area contributed by atoms with Gasteiger partial charge in [-0.1, -0.05) is 58.8 Å². The van der Waals surface area contributed by atoms with Crippen molar-refractivity contribution in [2.45, 2.75) is 77.7 Å². The summed E-state index contributed by atoms with van der Waals surface area (Å²) in [6.07, 6.45) is 13.4. The van der Waals surface area contributed by atoms with Crippen LogP contribution in [0.15, 0.2) is 16.7 Å². The average Bonchev–Trinajstić information content (AvgIpc) is 2.87. The zero-order valence-electron chi connectivity index (χ0n) is 13.1. The van der Waals surface area contributed by atoms with Gasteiger partial charge in [-0.05, 0) is 37.1 Å². The summed E-state index contributed by atoms with van der Waals surface area (Å²) in [5.41, 5.74) is 1.12. The lowest BCUT2D eigenvalue weighted by molar-refractivity contribution is 0.460. The van der Waals surface area contributed by atoms with Gasteiger partial charge in [0.25, 0.3) is 0 Å². The molecule has 0 aromatic carbocycles. The molecule has 1 unspecified atom stereocenters. The fourth-order valence-electron chi connectivity index (χ4n) is 2.55. The van der Waals surface area contributed by atoms with Crippen LogP contribution in [0.3, 0.4) is 0 Å². The number of unbranched alkanes of at least 4 members (excludes halogenated alkanes) is 6. The van der Waals surface area contributed by atoms with Crippen molar-refractivity contribution in [1.82, 2.24) is 5.32 Å². The van der Waals surface area contributed by atoms with Crippen LogP contribution < -0.4 is 5.32 Å². The quantitative estimate of drug-likeness (QED) is 0.471. The zero-order valence-corrected chi connectivity index (χ0v) is 13.8. The molecule has 1 rings (SSSR count). The molecule has 1 N–H and O–H groups in total. The summed E-state index contributed by atoms with van der Waals surface area (Å²) in [6, 6.07) is 2.34. The van der Waals surface area contributed by atoms with Gasteiger partial charge in [-0.3, -0.25) is 0 Å². The standard InChI is InChI=1S/C17H30ClNO/c1-3-5-6-7-8-9-10-11-16(19-13-4-2)15-12-14-20-17(15)18/h12,14,16,19H,3-11,13H2,1-2H3. The minimum absolute atomic E-state index is 0.344.